The Bertz CT molecular complexity index is 1380. The van der Waals surface area contributed by atoms with Gasteiger partial charge in [-0.05, 0) is 46.2 Å². The van der Waals surface area contributed by atoms with Crippen LogP contribution in [-0.4, -0.2) is 0 Å². The van der Waals surface area contributed by atoms with Crippen molar-refractivity contribution < 1.29 is 17.6 Å². The van der Waals surface area contributed by atoms with Gasteiger partial charge in [0, 0.05) is 29.0 Å². The molecule has 166 valence electrons. The summed E-state index contributed by atoms with van der Waals surface area (Å²) < 4.78 is 55.7. The van der Waals surface area contributed by atoms with E-state index in [0.717, 1.165) is 34.0 Å². The number of hydrogen-bond acceptors (Lipinski definition) is 0. The van der Waals surface area contributed by atoms with E-state index in [4.69, 9.17) is 0 Å². The summed E-state index contributed by atoms with van der Waals surface area (Å²) in [5, 5.41) is 1.83. The fourth-order valence-corrected chi connectivity index (χ4v) is 3.97. The maximum atomic E-state index is 14.5. The molecule has 0 saturated carbocycles. The van der Waals surface area contributed by atoms with Gasteiger partial charge in [0.25, 0.3) is 5.92 Å². The van der Waals surface area contributed by atoms with Gasteiger partial charge in [-0.1, -0.05) is 80.3 Å². The zero-order valence-corrected chi connectivity index (χ0v) is 18.3. The summed E-state index contributed by atoms with van der Waals surface area (Å²) in [6.07, 6.45) is -0.256. The summed E-state index contributed by atoms with van der Waals surface area (Å²) in [7, 11) is 0. The molecule has 4 aromatic rings. The fraction of sp³-hybridized carbons (Fsp3) is 0.172. The minimum atomic E-state index is -2.88. The molecule has 0 fully saturated rings. The number of rotatable bonds is 4. The molecular weight excluding hydrogens is 424 g/mol. The zero-order valence-electron chi connectivity index (χ0n) is 18.3. The largest absolute Gasteiger partial charge is 0.273 e. The molecule has 0 aromatic heterocycles. The summed E-state index contributed by atoms with van der Waals surface area (Å²) in [6, 6.07) is 21.8. The highest BCUT2D eigenvalue weighted by molar-refractivity contribution is 5.89. The summed E-state index contributed by atoms with van der Waals surface area (Å²) in [5.41, 5.74) is 2.72. The average Bonchev–Trinajstić information content (AvgIpc) is 2.84. The van der Waals surface area contributed by atoms with E-state index in [2.05, 4.69) is 11.8 Å². The van der Waals surface area contributed by atoms with Gasteiger partial charge in [0.15, 0.2) is 11.6 Å². The van der Waals surface area contributed by atoms with Crippen LogP contribution in [0, 0.1) is 23.5 Å². The highest BCUT2D eigenvalue weighted by Gasteiger charge is 2.32. The Morgan fingerprint density at radius 2 is 1.61 bits per heavy atom. The Hall–Kier alpha value is -3.58. The van der Waals surface area contributed by atoms with Crippen molar-refractivity contribution in [2.45, 2.75) is 32.1 Å². The van der Waals surface area contributed by atoms with E-state index < -0.39 is 17.6 Å². The molecule has 0 amide bonds. The Morgan fingerprint density at radius 3 is 2.36 bits per heavy atom. The van der Waals surface area contributed by atoms with Gasteiger partial charge < -0.3 is 0 Å². The Kier molecular flexibility index (Phi) is 6.24. The predicted octanol–water partition coefficient (Wildman–Crippen LogP) is 8.17. The van der Waals surface area contributed by atoms with E-state index in [1.54, 1.807) is 18.2 Å². The first-order valence-corrected chi connectivity index (χ1v) is 10.8. The smallest absolute Gasteiger partial charge is 0.204 e. The van der Waals surface area contributed by atoms with Crippen LogP contribution in [0.4, 0.5) is 17.6 Å². The fourth-order valence-electron chi connectivity index (χ4n) is 3.97. The molecule has 0 nitrogen and oxygen atoms in total. The normalized spacial score (nSPS) is 12.3. The maximum absolute atomic E-state index is 14.5. The molecule has 0 bridgehead atoms. The number of benzene rings is 4. The first-order valence-electron chi connectivity index (χ1n) is 10.8. The third-order valence-corrected chi connectivity index (χ3v) is 5.93. The Balaban J connectivity index is 1.71. The van der Waals surface area contributed by atoms with Gasteiger partial charge >= 0.3 is 0 Å². The van der Waals surface area contributed by atoms with E-state index in [9.17, 15) is 17.6 Å². The molecule has 33 heavy (non-hydrogen) atoms. The van der Waals surface area contributed by atoms with Crippen molar-refractivity contribution in [3.05, 3.63) is 118 Å². The van der Waals surface area contributed by atoms with Crippen molar-refractivity contribution in [1.29, 1.82) is 0 Å². The lowest BCUT2D eigenvalue weighted by Crippen LogP contribution is -2.16. The molecule has 0 heterocycles. The number of alkyl halides is 2. The Labute approximate surface area is 190 Å². The van der Waals surface area contributed by atoms with E-state index in [-0.39, 0.29) is 17.9 Å². The molecular formula is C29H22F4. The second-order valence-electron chi connectivity index (χ2n) is 8.03. The molecule has 4 rings (SSSR count). The van der Waals surface area contributed by atoms with Crippen LogP contribution in [0.5, 0.6) is 0 Å². The molecule has 0 aliphatic carbocycles. The number of fused-ring (bicyclic) bond motifs is 1. The van der Waals surface area contributed by atoms with E-state index in [0.29, 0.717) is 11.1 Å². The number of hydrogen-bond donors (Lipinski definition) is 0. The minimum absolute atomic E-state index is 0.0613. The zero-order chi connectivity index (χ0) is 23.6. The lowest BCUT2D eigenvalue weighted by Gasteiger charge is -2.23. The topological polar surface area (TPSA) is 0 Å². The summed E-state index contributed by atoms with van der Waals surface area (Å²) in [4.78, 5) is 0. The van der Waals surface area contributed by atoms with Gasteiger partial charge in [0.05, 0.1) is 0 Å². The summed E-state index contributed by atoms with van der Waals surface area (Å²) in [6.45, 7) is 3.42. The number of halogens is 4. The van der Waals surface area contributed by atoms with Crippen LogP contribution in [0.15, 0.2) is 78.9 Å². The van der Waals surface area contributed by atoms with E-state index >= 15 is 0 Å². The van der Waals surface area contributed by atoms with Crippen LogP contribution in [0.25, 0.3) is 10.8 Å². The second kappa shape index (κ2) is 9.11. The van der Waals surface area contributed by atoms with E-state index in [1.807, 2.05) is 43.3 Å². The third-order valence-electron chi connectivity index (χ3n) is 5.93. The lowest BCUT2D eigenvalue weighted by atomic mass is 9.86. The molecule has 0 spiro atoms. The highest BCUT2D eigenvalue weighted by Crippen LogP contribution is 2.39. The van der Waals surface area contributed by atoms with Gasteiger partial charge in [-0.25, -0.2) is 17.6 Å². The van der Waals surface area contributed by atoms with Crippen molar-refractivity contribution in [3.8, 4) is 11.8 Å². The molecule has 0 radical (unpaired) electrons. The maximum Gasteiger partial charge on any atom is 0.273 e. The second-order valence-corrected chi connectivity index (χ2v) is 8.03. The van der Waals surface area contributed by atoms with Gasteiger partial charge in [0.2, 0.25) is 0 Å². The predicted molar refractivity (Wildman–Crippen MR) is 124 cm³/mol. The third kappa shape index (κ3) is 4.64. The molecule has 4 aromatic carbocycles. The standard InChI is InChI=1S/C29H22F4/c1-3-29(32,33)26-10-5-4-9-24(26)19(2)22-14-15-25-21(7-6-8-23(25)18-22)13-11-20-12-16-27(30)28(31)17-20/h4-10,12,14-19H,3H2,1-2H3. The van der Waals surface area contributed by atoms with Crippen molar-refractivity contribution in [1.82, 2.24) is 0 Å². The van der Waals surface area contributed by atoms with Crippen LogP contribution < -0.4 is 0 Å². The van der Waals surface area contributed by atoms with Gasteiger partial charge in [-0.3, -0.25) is 0 Å². The monoisotopic (exact) mass is 446 g/mol. The van der Waals surface area contributed by atoms with E-state index in [1.165, 1.54) is 19.1 Å². The quantitative estimate of drug-likeness (QED) is 0.219. The van der Waals surface area contributed by atoms with Crippen LogP contribution in [0.2, 0.25) is 0 Å². The van der Waals surface area contributed by atoms with Crippen molar-refractivity contribution in [2.24, 2.45) is 0 Å². The van der Waals surface area contributed by atoms with Crippen molar-refractivity contribution in [2.75, 3.05) is 0 Å². The highest BCUT2D eigenvalue weighted by atomic mass is 19.3. The molecule has 4 heteroatoms. The summed E-state index contributed by atoms with van der Waals surface area (Å²) in [5.74, 6) is 0.948. The van der Waals surface area contributed by atoms with Gasteiger partial charge in [-0.15, -0.1) is 0 Å². The molecule has 0 saturated heterocycles. The molecule has 1 atom stereocenters. The summed E-state index contributed by atoms with van der Waals surface area (Å²) >= 11 is 0. The molecule has 0 N–H and O–H groups in total. The van der Waals surface area contributed by atoms with Crippen LogP contribution in [0.3, 0.4) is 0 Å². The van der Waals surface area contributed by atoms with Crippen LogP contribution in [-0.2, 0) is 5.92 Å². The van der Waals surface area contributed by atoms with Crippen molar-refractivity contribution >= 4 is 10.8 Å². The average molecular weight is 446 g/mol. The molecule has 0 aliphatic rings. The van der Waals surface area contributed by atoms with Crippen LogP contribution >= 0.6 is 0 Å². The Morgan fingerprint density at radius 1 is 0.818 bits per heavy atom. The van der Waals surface area contributed by atoms with Crippen molar-refractivity contribution in [3.63, 3.8) is 0 Å². The molecule has 1 unspecified atom stereocenters. The first kappa shape index (κ1) is 22.6. The van der Waals surface area contributed by atoms with Crippen LogP contribution in [0.1, 0.15) is 54.0 Å². The van der Waals surface area contributed by atoms with Gasteiger partial charge in [-0.2, -0.15) is 0 Å². The SMILES string of the molecule is CCC(F)(F)c1ccccc1C(C)c1ccc2c(C#Cc3ccc(F)c(F)c3)cccc2c1. The molecule has 0 aliphatic heterocycles. The minimum Gasteiger partial charge on any atom is -0.204 e. The lowest BCUT2D eigenvalue weighted by molar-refractivity contribution is -0.00929. The first-order chi connectivity index (χ1) is 15.8. The van der Waals surface area contributed by atoms with Gasteiger partial charge in [0.1, 0.15) is 0 Å².